The van der Waals surface area contributed by atoms with Crippen LogP contribution in [0.2, 0.25) is 0 Å². The molecule has 0 unspecified atom stereocenters. The van der Waals surface area contributed by atoms with Crippen LogP contribution in [-0.4, -0.2) is 5.26 Å². The maximum atomic E-state index is 8.25. The second-order valence-corrected chi connectivity index (χ2v) is 2.34. The van der Waals surface area contributed by atoms with Gasteiger partial charge in [-0.3, -0.25) is 0 Å². The lowest BCUT2D eigenvalue weighted by Crippen LogP contribution is -1.85. The number of aryl methyl sites for hydroxylation is 2. The molecule has 1 N–H and O–H groups in total. The van der Waals surface area contributed by atoms with Crippen molar-refractivity contribution in [2.75, 3.05) is 0 Å². The van der Waals surface area contributed by atoms with Gasteiger partial charge in [0.1, 0.15) is 0 Å². The summed E-state index contributed by atoms with van der Waals surface area (Å²) in [5, 5.41) is 8.25. The second kappa shape index (κ2) is 2.71. The van der Waals surface area contributed by atoms with Crippen molar-refractivity contribution in [2.45, 2.75) is 13.8 Å². The highest BCUT2D eigenvalue weighted by Gasteiger charge is 1.94. The van der Waals surface area contributed by atoms with Gasteiger partial charge >= 0.3 is 0 Å². The van der Waals surface area contributed by atoms with Crippen molar-refractivity contribution < 1.29 is 10.1 Å². The minimum absolute atomic E-state index is 0.489. The van der Waals surface area contributed by atoms with Crippen LogP contribution in [0, 0.1) is 13.8 Å². The Labute approximate surface area is 60.0 Å². The summed E-state index contributed by atoms with van der Waals surface area (Å²) in [5.41, 5.74) is 2.31. The summed E-state index contributed by atoms with van der Waals surface area (Å²) in [6.07, 6.45) is 0. The molecule has 0 radical (unpaired) electrons. The molecule has 0 atom stereocenters. The van der Waals surface area contributed by atoms with E-state index in [1.807, 2.05) is 19.9 Å². The normalized spacial score (nSPS) is 9.50. The molecule has 54 valence electrons. The van der Waals surface area contributed by atoms with E-state index >= 15 is 0 Å². The van der Waals surface area contributed by atoms with Gasteiger partial charge in [-0.1, -0.05) is 6.07 Å². The Hall–Kier alpha value is -1.02. The van der Waals surface area contributed by atoms with Crippen molar-refractivity contribution in [2.24, 2.45) is 0 Å². The van der Waals surface area contributed by atoms with Gasteiger partial charge in [-0.15, -0.1) is 0 Å². The third-order valence-corrected chi connectivity index (χ3v) is 1.58. The quantitative estimate of drug-likeness (QED) is 0.476. The Bertz CT molecular complexity index is 231. The third-order valence-electron chi connectivity index (χ3n) is 1.58. The van der Waals surface area contributed by atoms with Crippen LogP contribution in [0.4, 0.5) is 0 Å². The van der Waals surface area contributed by atoms with E-state index in [0.29, 0.717) is 5.75 Å². The first-order valence-electron chi connectivity index (χ1n) is 3.12. The Kier molecular flexibility index (Phi) is 1.92. The zero-order chi connectivity index (χ0) is 7.56. The first kappa shape index (κ1) is 7.09. The molecule has 2 nitrogen and oxygen atoms in total. The van der Waals surface area contributed by atoms with E-state index in [2.05, 4.69) is 4.89 Å². The molecule has 0 heterocycles. The predicted molar refractivity (Wildman–Crippen MR) is 39.2 cm³/mol. The zero-order valence-corrected chi connectivity index (χ0v) is 6.09. The smallest absolute Gasteiger partial charge is 0.165 e. The molecule has 0 saturated heterocycles. The lowest BCUT2D eigenvalue weighted by molar-refractivity contribution is -0.137. The summed E-state index contributed by atoms with van der Waals surface area (Å²) >= 11 is 0. The van der Waals surface area contributed by atoms with Crippen LogP contribution in [0.3, 0.4) is 0 Å². The Balaban J connectivity index is 3.04. The summed E-state index contributed by atoms with van der Waals surface area (Å²) in [6, 6.07) is 5.42. The highest BCUT2D eigenvalue weighted by atomic mass is 17.1. The molecule has 10 heavy (non-hydrogen) atoms. The van der Waals surface area contributed by atoms with E-state index < -0.39 is 0 Å². The SMILES string of the molecule is Cc1ccc(OO)cc1C. The van der Waals surface area contributed by atoms with E-state index in [9.17, 15) is 0 Å². The summed E-state index contributed by atoms with van der Waals surface area (Å²) in [4.78, 5) is 4.05. The summed E-state index contributed by atoms with van der Waals surface area (Å²) in [5.74, 6) is 0.489. The molecule has 0 spiro atoms. The van der Waals surface area contributed by atoms with Gasteiger partial charge in [0.05, 0.1) is 0 Å². The monoisotopic (exact) mass is 138 g/mol. The van der Waals surface area contributed by atoms with Gasteiger partial charge in [0.2, 0.25) is 0 Å². The highest BCUT2D eigenvalue weighted by molar-refractivity contribution is 5.33. The average molecular weight is 138 g/mol. The van der Waals surface area contributed by atoms with Crippen molar-refractivity contribution in [3.05, 3.63) is 29.3 Å². The number of hydrogen-bond acceptors (Lipinski definition) is 2. The van der Waals surface area contributed by atoms with Crippen LogP contribution < -0.4 is 4.89 Å². The summed E-state index contributed by atoms with van der Waals surface area (Å²) < 4.78 is 0. The fourth-order valence-corrected chi connectivity index (χ4v) is 0.771. The van der Waals surface area contributed by atoms with E-state index in [1.165, 1.54) is 5.56 Å². The van der Waals surface area contributed by atoms with Gasteiger partial charge in [-0.05, 0) is 37.1 Å². The molecule has 0 fully saturated rings. The van der Waals surface area contributed by atoms with Crippen molar-refractivity contribution in [3.63, 3.8) is 0 Å². The van der Waals surface area contributed by atoms with Crippen LogP contribution in [0.25, 0.3) is 0 Å². The van der Waals surface area contributed by atoms with Crippen molar-refractivity contribution in [1.82, 2.24) is 0 Å². The summed E-state index contributed by atoms with van der Waals surface area (Å²) in [7, 11) is 0. The molecule has 1 aromatic carbocycles. The first-order valence-corrected chi connectivity index (χ1v) is 3.12. The van der Waals surface area contributed by atoms with Gasteiger partial charge in [0, 0.05) is 0 Å². The Morgan fingerprint density at radius 2 is 1.90 bits per heavy atom. The van der Waals surface area contributed by atoms with E-state index in [1.54, 1.807) is 12.1 Å². The summed E-state index contributed by atoms with van der Waals surface area (Å²) in [6.45, 7) is 3.98. The van der Waals surface area contributed by atoms with Crippen LogP contribution in [-0.2, 0) is 0 Å². The van der Waals surface area contributed by atoms with Crippen LogP contribution in [0.5, 0.6) is 5.75 Å². The van der Waals surface area contributed by atoms with E-state index in [-0.39, 0.29) is 0 Å². The third kappa shape index (κ3) is 1.28. The Morgan fingerprint density at radius 1 is 1.20 bits per heavy atom. The van der Waals surface area contributed by atoms with Crippen LogP contribution in [0.15, 0.2) is 18.2 Å². The Morgan fingerprint density at radius 3 is 2.40 bits per heavy atom. The molecule has 1 rings (SSSR count). The lowest BCUT2D eigenvalue weighted by Gasteiger charge is -2.00. The predicted octanol–water partition coefficient (Wildman–Crippen LogP) is 2.16. The van der Waals surface area contributed by atoms with Crippen molar-refractivity contribution in [1.29, 1.82) is 0 Å². The maximum Gasteiger partial charge on any atom is 0.165 e. The van der Waals surface area contributed by atoms with E-state index in [0.717, 1.165) is 5.56 Å². The van der Waals surface area contributed by atoms with Crippen molar-refractivity contribution in [3.8, 4) is 5.75 Å². The number of benzene rings is 1. The fraction of sp³-hybridized carbons (Fsp3) is 0.250. The van der Waals surface area contributed by atoms with Gasteiger partial charge in [-0.2, -0.15) is 0 Å². The molecule has 1 aromatic rings. The van der Waals surface area contributed by atoms with Gasteiger partial charge < -0.3 is 4.89 Å². The lowest BCUT2D eigenvalue weighted by atomic mass is 10.1. The molecule has 0 aliphatic rings. The molecule has 0 aliphatic carbocycles. The molecular weight excluding hydrogens is 128 g/mol. The minimum Gasteiger partial charge on any atom is -0.340 e. The van der Waals surface area contributed by atoms with Crippen LogP contribution >= 0.6 is 0 Å². The largest absolute Gasteiger partial charge is 0.340 e. The maximum absolute atomic E-state index is 8.25. The second-order valence-electron chi connectivity index (χ2n) is 2.34. The first-order chi connectivity index (χ1) is 4.74. The average Bonchev–Trinajstić information content (AvgIpc) is 1.95. The fourth-order valence-electron chi connectivity index (χ4n) is 0.771. The van der Waals surface area contributed by atoms with Gasteiger partial charge in [0.15, 0.2) is 5.75 Å². The van der Waals surface area contributed by atoms with Crippen LogP contribution in [0.1, 0.15) is 11.1 Å². The van der Waals surface area contributed by atoms with E-state index in [4.69, 9.17) is 5.26 Å². The number of hydrogen-bond donors (Lipinski definition) is 1. The molecule has 0 amide bonds. The number of rotatable bonds is 1. The van der Waals surface area contributed by atoms with Crippen molar-refractivity contribution >= 4 is 0 Å². The topological polar surface area (TPSA) is 29.5 Å². The standard InChI is InChI=1S/C8H10O2/c1-6-3-4-8(10-9)5-7(6)2/h3-5,9H,1-2H3. The molecule has 2 heteroatoms. The van der Waals surface area contributed by atoms with Gasteiger partial charge in [-0.25, -0.2) is 5.26 Å². The molecule has 0 saturated carbocycles. The molecule has 0 aliphatic heterocycles. The van der Waals surface area contributed by atoms with Gasteiger partial charge in [0.25, 0.3) is 0 Å². The zero-order valence-electron chi connectivity index (χ0n) is 6.09. The minimum atomic E-state index is 0.489. The molecule has 0 aromatic heterocycles. The molecular formula is C8H10O2. The highest BCUT2D eigenvalue weighted by Crippen LogP contribution is 2.14. The molecule has 0 bridgehead atoms.